The van der Waals surface area contributed by atoms with Gasteiger partial charge >= 0.3 is 0 Å². The maximum Gasteiger partial charge on any atom is 0.274 e. The molecule has 26 heavy (non-hydrogen) atoms. The molecule has 0 saturated heterocycles. The molecule has 2 N–H and O–H groups in total. The number of benzene rings is 2. The molecule has 2 aromatic carbocycles. The summed E-state index contributed by atoms with van der Waals surface area (Å²) in [5.74, 6) is 0.0831. The van der Waals surface area contributed by atoms with Crippen LogP contribution in [0.4, 0.5) is 17.3 Å². The summed E-state index contributed by atoms with van der Waals surface area (Å²) in [6.45, 7) is 5.73. The average Bonchev–Trinajstić information content (AvgIpc) is 2.59. The summed E-state index contributed by atoms with van der Waals surface area (Å²) < 4.78 is 0. The van der Waals surface area contributed by atoms with E-state index in [0.29, 0.717) is 28.0 Å². The lowest BCUT2D eigenvalue weighted by atomic mass is 10.2. The van der Waals surface area contributed by atoms with Crippen LogP contribution in [0.5, 0.6) is 0 Å². The van der Waals surface area contributed by atoms with Gasteiger partial charge in [0.15, 0.2) is 0 Å². The molecule has 0 aliphatic rings. The SMILES string of the molecule is Cc1ccc(Nc2nc(C)cc(C(=O)Nc3ccc(Cl)cc3C)n2)cc1. The Morgan fingerprint density at radius 2 is 1.69 bits per heavy atom. The third kappa shape index (κ3) is 4.37. The van der Waals surface area contributed by atoms with E-state index in [1.165, 1.54) is 5.56 Å². The van der Waals surface area contributed by atoms with Gasteiger partial charge in [-0.1, -0.05) is 29.3 Å². The van der Waals surface area contributed by atoms with Crippen molar-refractivity contribution in [2.45, 2.75) is 20.8 Å². The number of anilines is 3. The molecule has 0 spiro atoms. The molecule has 1 amide bonds. The maximum atomic E-state index is 12.6. The highest BCUT2D eigenvalue weighted by Gasteiger charge is 2.12. The zero-order chi connectivity index (χ0) is 18.7. The highest BCUT2D eigenvalue weighted by atomic mass is 35.5. The molecule has 3 rings (SSSR count). The van der Waals surface area contributed by atoms with E-state index in [-0.39, 0.29) is 5.91 Å². The number of nitrogens with one attached hydrogen (secondary N) is 2. The molecule has 0 radical (unpaired) electrons. The molecule has 1 heterocycles. The molecule has 0 aliphatic carbocycles. The fourth-order valence-corrected chi connectivity index (χ4v) is 2.69. The normalized spacial score (nSPS) is 10.5. The first-order valence-corrected chi connectivity index (χ1v) is 8.55. The Kier molecular flexibility index (Phi) is 5.19. The van der Waals surface area contributed by atoms with Gasteiger partial charge in [-0.2, -0.15) is 0 Å². The van der Waals surface area contributed by atoms with Crippen LogP contribution in [-0.2, 0) is 0 Å². The standard InChI is InChI=1S/C20H19ClN4O/c1-12-4-7-16(8-5-12)23-20-22-14(3)11-18(25-20)19(26)24-17-9-6-15(21)10-13(17)2/h4-11H,1-3H3,(H,24,26)(H,22,23,25). The molecule has 0 fully saturated rings. The van der Waals surface area contributed by atoms with Crippen molar-refractivity contribution >= 4 is 34.8 Å². The number of carbonyl (C=O) groups excluding carboxylic acids is 1. The topological polar surface area (TPSA) is 66.9 Å². The predicted molar refractivity (Wildman–Crippen MR) is 105 cm³/mol. The molecule has 0 saturated carbocycles. The molecule has 6 heteroatoms. The Morgan fingerprint density at radius 3 is 2.38 bits per heavy atom. The van der Waals surface area contributed by atoms with Crippen LogP contribution in [-0.4, -0.2) is 15.9 Å². The van der Waals surface area contributed by atoms with Gasteiger partial charge in [0.05, 0.1) is 0 Å². The van der Waals surface area contributed by atoms with Crippen LogP contribution >= 0.6 is 11.6 Å². The number of aryl methyl sites for hydroxylation is 3. The molecule has 0 unspecified atom stereocenters. The molecule has 0 atom stereocenters. The predicted octanol–water partition coefficient (Wildman–Crippen LogP) is 5.05. The molecule has 1 aromatic heterocycles. The highest BCUT2D eigenvalue weighted by molar-refractivity contribution is 6.30. The number of hydrogen-bond acceptors (Lipinski definition) is 4. The Balaban J connectivity index is 1.82. The number of rotatable bonds is 4. The molecule has 0 bridgehead atoms. The molecule has 5 nitrogen and oxygen atoms in total. The van der Waals surface area contributed by atoms with Crippen LogP contribution in [0.15, 0.2) is 48.5 Å². The van der Waals surface area contributed by atoms with E-state index in [4.69, 9.17) is 11.6 Å². The van der Waals surface area contributed by atoms with Crippen LogP contribution in [0.25, 0.3) is 0 Å². The van der Waals surface area contributed by atoms with E-state index in [0.717, 1.165) is 11.3 Å². The Bertz CT molecular complexity index is 955. The third-order valence-corrected chi connectivity index (χ3v) is 4.07. The second-order valence-electron chi connectivity index (χ2n) is 6.12. The Morgan fingerprint density at radius 1 is 0.962 bits per heavy atom. The summed E-state index contributed by atoms with van der Waals surface area (Å²) in [5.41, 5.74) is 4.60. The van der Waals surface area contributed by atoms with Crippen molar-refractivity contribution in [3.8, 4) is 0 Å². The molecular weight excluding hydrogens is 348 g/mol. The molecule has 3 aromatic rings. The summed E-state index contributed by atoms with van der Waals surface area (Å²) in [7, 11) is 0. The van der Waals surface area contributed by atoms with Gasteiger partial charge in [0, 0.05) is 22.1 Å². The van der Waals surface area contributed by atoms with Crippen molar-refractivity contribution in [1.82, 2.24) is 9.97 Å². The third-order valence-electron chi connectivity index (χ3n) is 3.83. The van der Waals surface area contributed by atoms with Gasteiger partial charge in [-0.25, -0.2) is 9.97 Å². The first kappa shape index (κ1) is 17.9. The van der Waals surface area contributed by atoms with Crippen LogP contribution in [0.2, 0.25) is 5.02 Å². The second-order valence-corrected chi connectivity index (χ2v) is 6.56. The van der Waals surface area contributed by atoms with Crippen molar-refractivity contribution in [2.75, 3.05) is 10.6 Å². The summed E-state index contributed by atoms with van der Waals surface area (Å²) in [4.78, 5) is 21.3. The van der Waals surface area contributed by atoms with E-state index < -0.39 is 0 Å². The van der Waals surface area contributed by atoms with Crippen molar-refractivity contribution in [3.05, 3.63) is 76.1 Å². The first-order chi connectivity index (χ1) is 12.4. The fraction of sp³-hybridized carbons (Fsp3) is 0.150. The molecule has 132 valence electrons. The van der Waals surface area contributed by atoms with Crippen LogP contribution in [0.3, 0.4) is 0 Å². The number of aromatic nitrogens is 2. The lowest BCUT2D eigenvalue weighted by Gasteiger charge is -2.10. The van der Waals surface area contributed by atoms with E-state index >= 15 is 0 Å². The van der Waals surface area contributed by atoms with Gasteiger partial charge < -0.3 is 10.6 Å². The number of carbonyl (C=O) groups is 1. The van der Waals surface area contributed by atoms with Crippen molar-refractivity contribution in [2.24, 2.45) is 0 Å². The van der Waals surface area contributed by atoms with Gasteiger partial charge in [-0.15, -0.1) is 0 Å². The van der Waals surface area contributed by atoms with Crippen molar-refractivity contribution < 1.29 is 4.79 Å². The average molecular weight is 367 g/mol. The number of hydrogen-bond donors (Lipinski definition) is 2. The lowest BCUT2D eigenvalue weighted by Crippen LogP contribution is -2.16. The number of amides is 1. The van der Waals surface area contributed by atoms with Crippen molar-refractivity contribution in [3.63, 3.8) is 0 Å². The van der Waals surface area contributed by atoms with E-state index in [9.17, 15) is 4.79 Å². The van der Waals surface area contributed by atoms with Crippen LogP contribution in [0.1, 0.15) is 27.3 Å². The summed E-state index contributed by atoms with van der Waals surface area (Å²) >= 11 is 5.96. The smallest absolute Gasteiger partial charge is 0.274 e. The fourth-order valence-electron chi connectivity index (χ4n) is 2.46. The van der Waals surface area contributed by atoms with Gasteiger partial charge in [0.25, 0.3) is 5.91 Å². The van der Waals surface area contributed by atoms with E-state index in [1.807, 2.05) is 45.0 Å². The largest absolute Gasteiger partial charge is 0.324 e. The first-order valence-electron chi connectivity index (χ1n) is 8.17. The van der Waals surface area contributed by atoms with Crippen molar-refractivity contribution in [1.29, 1.82) is 0 Å². The van der Waals surface area contributed by atoms with E-state index in [2.05, 4.69) is 20.6 Å². The minimum absolute atomic E-state index is 0.293. The minimum Gasteiger partial charge on any atom is -0.324 e. The Labute approximate surface area is 157 Å². The lowest BCUT2D eigenvalue weighted by molar-refractivity contribution is 0.102. The monoisotopic (exact) mass is 366 g/mol. The van der Waals surface area contributed by atoms with Crippen LogP contribution in [0, 0.1) is 20.8 Å². The Hall–Kier alpha value is -2.92. The quantitative estimate of drug-likeness (QED) is 0.678. The number of nitrogens with zero attached hydrogens (tertiary/aromatic N) is 2. The second kappa shape index (κ2) is 7.54. The highest BCUT2D eigenvalue weighted by Crippen LogP contribution is 2.21. The van der Waals surface area contributed by atoms with Gasteiger partial charge in [-0.3, -0.25) is 4.79 Å². The zero-order valence-electron chi connectivity index (χ0n) is 14.8. The number of halogens is 1. The summed E-state index contributed by atoms with van der Waals surface area (Å²) in [6.07, 6.45) is 0. The molecular formula is C20H19ClN4O. The van der Waals surface area contributed by atoms with Gasteiger partial charge in [0.2, 0.25) is 5.95 Å². The summed E-state index contributed by atoms with van der Waals surface area (Å²) in [6, 6.07) is 14.8. The van der Waals surface area contributed by atoms with Crippen LogP contribution < -0.4 is 10.6 Å². The van der Waals surface area contributed by atoms with Gasteiger partial charge in [-0.05, 0) is 62.7 Å². The molecule has 0 aliphatic heterocycles. The maximum absolute atomic E-state index is 12.6. The van der Waals surface area contributed by atoms with E-state index in [1.54, 1.807) is 24.3 Å². The minimum atomic E-state index is -0.298. The zero-order valence-corrected chi connectivity index (χ0v) is 15.6. The van der Waals surface area contributed by atoms with Gasteiger partial charge in [0.1, 0.15) is 5.69 Å². The summed E-state index contributed by atoms with van der Waals surface area (Å²) in [5, 5.41) is 6.62.